The predicted octanol–water partition coefficient (Wildman–Crippen LogP) is 4.10. The number of hydrogen-bond donors (Lipinski definition) is 0. The van der Waals surface area contributed by atoms with Crippen molar-refractivity contribution in [3.05, 3.63) is 30.1 Å². The van der Waals surface area contributed by atoms with E-state index < -0.39 is 0 Å². The van der Waals surface area contributed by atoms with E-state index >= 15 is 0 Å². The molecule has 2 nitrogen and oxygen atoms in total. The van der Waals surface area contributed by atoms with Gasteiger partial charge in [0.25, 0.3) is 0 Å². The van der Waals surface area contributed by atoms with E-state index in [0.717, 1.165) is 0 Å². The van der Waals surface area contributed by atoms with Gasteiger partial charge in [-0.3, -0.25) is 4.90 Å². The van der Waals surface area contributed by atoms with Gasteiger partial charge in [0.1, 0.15) is 6.54 Å². The third-order valence-corrected chi connectivity index (χ3v) is 4.56. The summed E-state index contributed by atoms with van der Waals surface area (Å²) < 4.78 is 2.39. The summed E-state index contributed by atoms with van der Waals surface area (Å²) in [7, 11) is 2.25. The molecule has 1 aromatic rings. The van der Waals surface area contributed by atoms with Crippen LogP contribution in [-0.2, 0) is 6.54 Å². The molecule has 2 heterocycles. The van der Waals surface area contributed by atoms with Crippen LogP contribution in [0.5, 0.6) is 0 Å². The standard InChI is InChI=1S/C18H31N2/c1-3-4-5-6-7-8-14-20-15-9-11-17(16-20)18-12-10-13-19(18)2/h9,11,15-16,18H,3-8,10,12-14H2,1-2H3/q+1. The second kappa shape index (κ2) is 8.41. The number of hydrogen-bond acceptors (Lipinski definition) is 1. The lowest BCUT2D eigenvalue weighted by atomic mass is 10.1. The third-order valence-electron chi connectivity index (χ3n) is 4.56. The monoisotopic (exact) mass is 275 g/mol. The largest absolute Gasteiger partial charge is 0.299 e. The molecule has 2 rings (SSSR count). The van der Waals surface area contributed by atoms with E-state index in [4.69, 9.17) is 0 Å². The summed E-state index contributed by atoms with van der Waals surface area (Å²) in [5.74, 6) is 0. The molecule has 0 aliphatic carbocycles. The van der Waals surface area contributed by atoms with E-state index in [0.29, 0.717) is 6.04 Å². The highest BCUT2D eigenvalue weighted by atomic mass is 15.1. The third kappa shape index (κ3) is 4.59. The SMILES string of the molecule is CCCCCCCC[n+]1cccc(C2CCCN2C)c1. The molecular formula is C18H31N2+. The minimum Gasteiger partial charge on any atom is -0.299 e. The minimum absolute atomic E-state index is 0.645. The molecule has 1 fully saturated rings. The number of pyridine rings is 1. The summed E-state index contributed by atoms with van der Waals surface area (Å²) in [5.41, 5.74) is 1.50. The van der Waals surface area contributed by atoms with Crippen LogP contribution < -0.4 is 4.57 Å². The number of likely N-dealkylation sites (tertiary alicyclic amines) is 1. The summed E-state index contributed by atoms with van der Waals surface area (Å²) >= 11 is 0. The number of nitrogens with zero attached hydrogens (tertiary/aromatic N) is 2. The van der Waals surface area contributed by atoms with Crippen molar-refractivity contribution in [2.45, 2.75) is 70.9 Å². The molecule has 1 aliphatic heterocycles. The van der Waals surface area contributed by atoms with Crippen LogP contribution in [0.4, 0.5) is 0 Å². The smallest absolute Gasteiger partial charge is 0.173 e. The Morgan fingerprint density at radius 2 is 2.00 bits per heavy atom. The maximum absolute atomic E-state index is 2.49. The van der Waals surface area contributed by atoms with Crippen LogP contribution >= 0.6 is 0 Å². The molecule has 0 amide bonds. The Hall–Kier alpha value is -0.890. The Kier molecular flexibility index (Phi) is 6.52. The van der Waals surface area contributed by atoms with Crippen molar-refractivity contribution < 1.29 is 4.57 Å². The number of unbranched alkanes of at least 4 members (excludes halogenated alkanes) is 5. The molecule has 0 N–H and O–H groups in total. The maximum atomic E-state index is 2.49. The van der Waals surface area contributed by atoms with Crippen LogP contribution in [0.2, 0.25) is 0 Å². The van der Waals surface area contributed by atoms with Crippen LogP contribution in [0.25, 0.3) is 0 Å². The van der Waals surface area contributed by atoms with Crippen molar-refractivity contribution in [2.24, 2.45) is 0 Å². The van der Waals surface area contributed by atoms with E-state index in [1.54, 1.807) is 0 Å². The summed E-state index contributed by atoms with van der Waals surface area (Å²) in [5, 5.41) is 0. The van der Waals surface area contributed by atoms with Crippen molar-refractivity contribution in [2.75, 3.05) is 13.6 Å². The van der Waals surface area contributed by atoms with E-state index in [2.05, 4.69) is 48.0 Å². The van der Waals surface area contributed by atoms with Crippen LogP contribution in [-0.4, -0.2) is 18.5 Å². The Labute approximate surface area is 124 Å². The first-order valence-electron chi connectivity index (χ1n) is 8.50. The molecule has 0 saturated carbocycles. The summed E-state index contributed by atoms with van der Waals surface area (Å²) in [6.07, 6.45) is 15.5. The Morgan fingerprint density at radius 1 is 1.20 bits per heavy atom. The van der Waals surface area contributed by atoms with Crippen molar-refractivity contribution in [3.8, 4) is 0 Å². The average molecular weight is 275 g/mol. The van der Waals surface area contributed by atoms with Crippen LogP contribution in [0.15, 0.2) is 24.5 Å². The lowest BCUT2D eigenvalue weighted by Crippen LogP contribution is -2.34. The molecule has 0 aromatic carbocycles. The lowest BCUT2D eigenvalue weighted by Gasteiger charge is -2.18. The first kappa shape index (κ1) is 15.5. The van der Waals surface area contributed by atoms with Gasteiger partial charge in [-0.1, -0.05) is 32.6 Å². The number of aryl methyl sites for hydroxylation is 1. The normalized spacial score (nSPS) is 19.6. The van der Waals surface area contributed by atoms with Gasteiger partial charge in [0.05, 0.1) is 0 Å². The van der Waals surface area contributed by atoms with Crippen LogP contribution in [0.3, 0.4) is 0 Å². The molecule has 112 valence electrons. The van der Waals surface area contributed by atoms with Gasteiger partial charge in [-0.25, -0.2) is 4.57 Å². The Bertz CT molecular complexity index is 389. The van der Waals surface area contributed by atoms with Gasteiger partial charge in [0.15, 0.2) is 12.4 Å². The fourth-order valence-electron chi connectivity index (χ4n) is 3.28. The van der Waals surface area contributed by atoms with Gasteiger partial charge in [-0.15, -0.1) is 0 Å². The highest BCUT2D eigenvalue weighted by Crippen LogP contribution is 2.29. The van der Waals surface area contributed by atoms with Crippen LogP contribution in [0, 0.1) is 0 Å². The highest BCUT2D eigenvalue weighted by molar-refractivity contribution is 5.12. The highest BCUT2D eigenvalue weighted by Gasteiger charge is 2.24. The fraction of sp³-hybridized carbons (Fsp3) is 0.722. The van der Waals surface area contributed by atoms with E-state index in [1.165, 1.54) is 70.0 Å². The summed E-state index contributed by atoms with van der Waals surface area (Å²) in [6, 6.07) is 5.16. The fourth-order valence-corrected chi connectivity index (χ4v) is 3.28. The van der Waals surface area contributed by atoms with Gasteiger partial charge in [0.2, 0.25) is 0 Å². The van der Waals surface area contributed by atoms with E-state index in [1.807, 2.05) is 0 Å². The molecule has 1 saturated heterocycles. The lowest BCUT2D eigenvalue weighted by molar-refractivity contribution is -0.697. The first-order chi connectivity index (χ1) is 9.81. The van der Waals surface area contributed by atoms with Crippen molar-refractivity contribution in [3.63, 3.8) is 0 Å². The Morgan fingerprint density at radius 3 is 2.75 bits per heavy atom. The average Bonchev–Trinajstić information content (AvgIpc) is 2.89. The zero-order valence-corrected chi connectivity index (χ0v) is 13.4. The number of rotatable bonds is 8. The summed E-state index contributed by atoms with van der Waals surface area (Å²) in [4.78, 5) is 2.49. The molecule has 2 heteroatoms. The molecule has 0 bridgehead atoms. The first-order valence-corrected chi connectivity index (χ1v) is 8.50. The van der Waals surface area contributed by atoms with Gasteiger partial charge in [-0.05, 0) is 38.9 Å². The second-order valence-electron chi connectivity index (χ2n) is 6.28. The molecule has 1 unspecified atom stereocenters. The van der Waals surface area contributed by atoms with E-state index in [-0.39, 0.29) is 0 Å². The predicted molar refractivity (Wildman–Crippen MR) is 84.6 cm³/mol. The van der Waals surface area contributed by atoms with Gasteiger partial charge >= 0.3 is 0 Å². The topological polar surface area (TPSA) is 7.12 Å². The van der Waals surface area contributed by atoms with E-state index in [9.17, 15) is 0 Å². The number of aromatic nitrogens is 1. The molecule has 1 aromatic heterocycles. The molecule has 0 radical (unpaired) electrons. The minimum atomic E-state index is 0.645. The van der Waals surface area contributed by atoms with Gasteiger partial charge in [0, 0.05) is 24.1 Å². The molecule has 20 heavy (non-hydrogen) atoms. The summed E-state index contributed by atoms with van der Waals surface area (Å²) in [6.45, 7) is 4.70. The maximum Gasteiger partial charge on any atom is 0.173 e. The zero-order valence-electron chi connectivity index (χ0n) is 13.4. The molecular weight excluding hydrogens is 244 g/mol. The molecule has 0 spiro atoms. The molecule has 1 aliphatic rings. The van der Waals surface area contributed by atoms with Crippen molar-refractivity contribution >= 4 is 0 Å². The Balaban J connectivity index is 1.78. The van der Waals surface area contributed by atoms with Crippen LogP contribution in [0.1, 0.15) is 69.9 Å². The second-order valence-corrected chi connectivity index (χ2v) is 6.28. The van der Waals surface area contributed by atoms with Crippen molar-refractivity contribution in [1.29, 1.82) is 0 Å². The van der Waals surface area contributed by atoms with Crippen molar-refractivity contribution in [1.82, 2.24) is 4.90 Å². The quantitative estimate of drug-likeness (QED) is 0.512. The van der Waals surface area contributed by atoms with Gasteiger partial charge < -0.3 is 0 Å². The molecule has 1 atom stereocenters. The zero-order chi connectivity index (χ0) is 14.2. The van der Waals surface area contributed by atoms with Gasteiger partial charge in [-0.2, -0.15) is 0 Å².